The number of benzene rings is 3. The van der Waals surface area contributed by atoms with Gasteiger partial charge in [0, 0.05) is 10.6 Å². The van der Waals surface area contributed by atoms with Gasteiger partial charge < -0.3 is 0 Å². The fourth-order valence-electron chi connectivity index (χ4n) is 2.54. The van der Waals surface area contributed by atoms with Crippen molar-refractivity contribution in [3.63, 3.8) is 0 Å². The number of anilines is 1. The van der Waals surface area contributed by atoms with E-state index in [1.54, 1.807) is 36.4 Å². The van der Waals surface area contributed by atoms with Gasteiger partial charge in [-0.05, 0) is 41.5 Å². The molecule has 0 atom stereocenters. The van der Waals surface area contributed by atoms with Crippen molar-refractivity contribution < 1.29 is 10.0 Å². The molecule has 1 amide bonds. The predicted molar refractivity (Wildman–Crippen MR) is 111 cm³/mol. The van der Waals surface area contributed by atoms with E-state index in [0.717, 1.165) is 5.56 Å². The normalized spacial score (nSPS) is 11.6. The summed E-state index contributed by atoms with van der Waals surface area (Å²) < 4.78 is 0. The Morgan fingerprint density at radius 3 is 2.07 bits per heavy atom. The first-order valence-electron chi connectivity index (χ1n) is 8.43. The van der Waals surface area contributed by atoms with Gasteiger partial charge in [-0.1, -0.05) is 84.4 Å². The fourth-order valence-corrected chi connectivity index (χ4v) is 2.67. The van der Waals surface area contributed by atoms with E-state index in [-0.39, 0.29) is 0 Å². The first-order valence-corrected chi connectivity index (χ1v) is 8.81. The summed E-state index contributed by atoms with van der Waals surface area (Å²) in [7, 11) is 0. The van der Waals surface area contributed by atoms with Gasteiger partial charge in [-0.2, -0.15) is 5.06 Å². The van der Waals surface area contributed by atoms with E-state index < -0.39 is 5.91 Å². The van der Waals surface area contributed by atoms with Crippen molar-refractivity contribution >= 4 is 34.8 Å². The molecule has 0 aliphatic heterocycles. The molecule has 3 rings (SSSR count). The molecule has 27 heavy (non-hydrogen) atoms. The first kappa shape index (κ1) is 18.6. The van der Waals surface area contributed by atoms with Crippen LogP contribution in [-0.4, -0.2) is 11.1 Å². The molecule has 0 aromatic heterocycles. The lowest BCUT2D eigenvalue weighted by Gasteiger charge is -2.17. The standard InChI is InChI=1S/C23H18ClNO2/c24-20-14-16-21(17-15-20)25(27)23(26)22(19-11-5-2-6-12-19)13-7-10-18-8-3-1-4-9-18/h1-17,27H/b10-7+,22-13+. The zero-order chi connectivity index (χ0) is 19.1. The summed E-state index contributed by atoms with van der Waals surface area (Å²) in [4.78, 5) is 12.9. The smallest absolute Gasteiger partial charge is 0.281 e. The minimum Gasteiger partial charge on any atom is -0.281 e. The molecule has 4 heteroatoms. The predicted octanol–water partition coefficient (Wildman–Crippen LogP) is 5.86. The maximum Gasteiger partial charge on any atom is 0.282 e. The number of halogens is 1. The Labute approximate surface area is 163 Å². The number of amides is 1. The van der Waals surface area contributed by atoms with Gasteiger partial charge in [-0.3, -0.25) is 10.0 Å². The van der Waals surface area contributed by atoms with Crippen molar-refractivity contribution in [2.75, 3.05) is 5.06 Å². The van der Waals surface area contributed by atoms with E-state index in [1.807, 2.05) is 66.7 Å². The zero-order valence-corrected chi connectivity index (χ0v) is 15.3. The van der Waals surface area contributed by atoms with Crippen molar-refractivity contribution in [3.8, 4) is 0 Å². The third-order valence-corrected chi connectivity index (χ3v) is 4.18. The van der Waals surface area contributed by atoms with Gasteiger partial charge in [0.2, 0.25) is 0 Å². The number of nitrogens with zero attached hydrogens (tertiary/aromatic N) is 1. The Morgan fingerprint density at radius 1 is 0.852 bits per heavy atom. The van der Waals surface area contributed by atoms with E-state index in [2.05, 4.69) is 0 Å². The maximum atomic E-state index is 12.9. The number of hydrogen-bond donors (Lipinski definition) is 1. The summed E-state index contributed by atoms with van der Waals surface area (Å²) in [5.74, 6) is -0.527. The minimum atomic E-state index is -0.527. The van der Waals surface area contributed by atoms with Crippen LogP contribution in [0.2, 0.25) is 5.02 Å². The Kier molecular flexibility index (Phi) is 6.21. The van der Waals surface area contributed by atoms with Crippen LogP contribution in [0.25, 0.3) is 11.6 Å². The number of allylic oxidation sites excluding steroid dienone is 2. The first-order chi connectivity index (χ1) is 13.1. The highest BCUT2D eigenvalue weighted by Gasteiger charge is 2.19. The van der Waals surface area contributed by atoms with Crippen LogP contribution in [0.3, 0.4) is 0 Å². The number of carbonyl (C=O) groups excluding carboxylic acids is 1. The second-order valence-corrected chi connectivity index (χ2v) is 6.25. The summed E-state index contributed by atoms with van der Waals surface area (Å²) in [5.41, 5.74) is 2.46. The summed E-state index contributed by atoms with van der Waals surface area (Å²) in [5, 5.41) is 11.6. The van der Waals surface area contributed by atoms with Crippen LogP contribution in [-0.2, 0) is 4.79 Å². The van der Waals surface area contributed by atoms with Crippen molar-refractivity contribution in [2.24, 2.45) is 0 Å². The average Bonchev–Trinajstić information content (AvgIpc) is 2.72. The van der Waals surface area contributed by atoms with Crippen LogP contribution < -0.4 is 5.06 Å². The van der Waals surface area contributed by atoms with E-state index >= 15 is 0 Å². The van der Waals surface area contributed by atoms with Crippen molar-refractivity contribution in [2.45, 2.75) is 0 Å². The van der Waals surface area contributed by atoms with Crippen LogP contribution >= 0.6 is 11.6 Å². The van der Waals surface area contributed by atoms with Crippen LogP contribution in [0.1, 0.15) is 11.1 Å². The van der Waals surface area contributed by atoms with Gasteiger partial charge in [-0.25, -0.2) is 0 Å². The molecule has 3 nitrogen and oxygen atoms in total. The van der Waals surface area contributed by atoms with Crippen molar-refractivity contribution in [3.05, 3.63) is 113 Å². The summed E-state index contributed by atoms with van der Waals surface area (Å²) in [6.07, 6.45) is 5.40. The van der Waals surface area contributed by atoms with Gasteiger partial charge in [0.05, 0.1) is 5.69 Å². The van der Waals surface area contributed by atoms with Crippen molar-refractivity contribution in [1.29, 1.82) is 0 Å². The lowest BCUT2D eigenvalue weighted by molar-refractivity contribution is -0.118. The minimum absolute atomic E-state index is 0.346. The topological polar surface area (TPSA) is 40.5 Å². The average molecular weight is 376 g/mol. The summed E-state index contributed by atoms with van der Waals surface area (Å²) in [6, 6.07) is 25.4. The second-order valence-electron chi connectivity index (χ2n) is 5.81. The van der Waals surface area contributed by atoms with E-state index in [4.69, 9.17) is 11.6 Å². The molecule has 1 N–H and O–H groups in total. The van der Waals surface area contributed by atoms with Gasteiger partial charge in [0.25, 0.3) is 5.91 Å². The number of hydrogen-bond acceptors (Lipinski definition) is 2. The molecule has 3 aromatic rings. The van der Waals surface area contributed by atoms with E-state index in [0.29, 0.717) is 26.9 Å². The highest BCUT2D eigenvalue weighted by molar-refractivity contribution is 6.30. The molecule has 0 radical (unpaired) electrons. The Balaban J connectivity index is 1.92. The number of hydroxylamine groups is 1. The molecule has 0 unspecified atom stereocenters. The SMILES string of the molecule is O=C(/C(=C/C=C/c1ccccc1)c1ccccc1)N(O)c1ccc(Cl)cc1. The maximum absolute atomic E-state index is 12.9. The zero-order valence-electron chi connectivity index (χ0n) is 14.5. The van der Waals surface area contributed by atoms with Crippen molar-refractivity contribution in [1.82, 2.24) is 0 Å². The van der Waals surface area contributed by atoms with Crippen LogP contribution in [0, 0.1) is 0 Å². The lowest BCUT2D eigenvalue weighted by atomic mass is 10.0. The largest absolute Gasteiger partial charge is 0.282 e. The molecule has 0 spiro atoms. The van der Waals surface area contributed by atoms with Crippen LogP contribution in [0.4, 0.5) is 5.69 Å². The molecule has 0 heterocycles. The molecule has 0 bridgehead atoms. The quantitative estimate of drug-likeness (QED) is 0.262. The Bertz CT molecular complexity index is 949. The Hall–Kier alpha value is -3.14. The van der Waals surface area contributed by atoms with E-state index in [1.165, 1.54) is 0 Å². The summed E-state index contributed by atoms with van der Waals surface area (Å²) >= 11 is 5.88. The highest BCUT2D eigenvalue weighted by atomic mass is 35.5. The van der Waals surface area contributed by atoms with Gasteiger partial charge in [0.1, 0.15) is 0 Å². The molecule has 0 saturated heterocycles. The van der Waals surface area contributed by atoms with Gasteiger partial charge in [-0.15, -0.1) is 0 Å². The monoisotopic (exact) mass is 375 g/mol. The second kappa shape index (κ2) is 8.99. The molecule has 134 valence electrons. The molecule has 0 saturated carbocycles. The summed E-state index contributed by atoms with van der Waals surface area (Å²) in [6.45, 7) is 0. The third kappa shape index (κ3) is 4.94. The molecule has 0 fully saturated rings. The molecular formula is C23H18ClNO2. The molecule has 0 aliphatic rings. The third-order valence-electron chi connectivity index (χ3n) is 3.93. The molecule has 0 aliphatic carbocycles. The van der Waals surface area contributed by atoms with Gasteiger partial charge >= 0.3 is 0 Å². The van der Waals surface area contributed by atoms with Gasteiger partial charge in [0.15, 0.2) is 0 Å². The highest BCUT2D eigenvalue weighted by Crippen LogP contribution is 2.22. The Morgan fingerprint density at radius 2 is 1.44 bits per heavy atom. The number of carbonyl (C=O) groups is 1. The fraction of sp³-hybridized carbons (Fsp3) is 0. The van der Waals surface area contributed by atoms with Crippen LogP contribution in [0.15, 0.2) is 97.1 Å². The molecule has 3 aromatic carbocycles. The lowest BCUT2D eigenvalue weighted by Crippen LogP contribution is -2.27. The molecular weight excluding hydrogens is 358 g/mol. The van der Waals surface area contributed by atoms with Crippen LogP contribution in [0.5, 0.6) is 0 Å². The van der Waals surface area contributed by atoms with E-state index in [9.17, 15) is 10.0 Å². The number of rotatable bonds is 5.